The molecule has 0 bridgehead atoms. The van der Waals surface area contributed by atoms with Gasteiger partial charge in [0.2, 0.25) is 22.4 Å². The smallest absolute Gasteiger partial charge is 0.314 e. The summed E-state index contributed by atoms with van der Waals surface area (Å²) in [6.45, 7) is 16.2. The number of amides is 1. The molecule has 0 saturated heterocycles. The Balaban J connectivity index is 3.70. The molecule has 0 atom stereocenters. The predicted octanol–water partition coefficient (Wildman–Crippen LogP) is 4.80. The van der Waals surface area contributed by atoms with Crippen LogP contribution < -0.4 is 8.85 Å². The van der Waals surface area contributed by atoms with Crippen molar-refractivity contribution in [3.05, 3.63) is 33.4 Å². The van der Waals surface area contributed by atoms with E-state index in [0.29, 0.717) is 18.7 Å². The van der Waals surface area contributed by atoms with Crippen LogP contribution in [-0.2, 0) is 4.79 Å². The van der Waals surface area contributed by atoms with Crippen molar-refractivity contribution in [2.45, 2.75) is 53.1 Å². The number of rotatable bonds is 9. The van der Waals surface area contributed by atoms with Crippen molar-refractivity contribution in [2.75, 3.05) is 13.1 Å². The summed E-state index contributed by atoms with van der Waals surface area (Å²) in [5.41, 5.74) is 0.00718. The summed E-state index contributed by atoms with van der Waals surface area (Å²) in [7, 11) is -4.31. The van der Waals surface area contributed by atoms with Gasteiger partial charge in [-0.15, -0.1) is 0 Å². The van der Waals surface area contributed by atoms with Gasteiger partial charge in [0.05, 0.1) is 4.92 Å². The van der Waals surface area contributed by atoms with Crippen molar-refractivity contribution >= 4 is 34.3 Å². The lowest BCUT2D eigenvalue weighted by molar-refractivity contribution is -0.385. The van der Waals surface area contributed by atoms with Crippen LogP contribution in [0.1, 0.15) is 19.4 Å². The van der Waals surface area contributed by atoms with Crippen molar-refractivity contribution in [1.82, 2.24) is 4.90 Å². The van der Waals surface area contributed by atoms with E-state index in [0.717, 1.165) is 0 Å². The first kappa shape index (κ1) is 25.4. The van der Waals surface area contributed by atoms with Gasteiger partial charge in [-0.2, -0.15) is 5.26 Å². The average molecular weight is 450 g/mol. The Morgan fingerprint density at radius 3 is 2.07 bits per heavy atom. The first-order valence-corrected chi connectivity index (χ1v) is 16.7. The molecule has 0 heterocycles. The van der Waals surface area contributed by atoms with E-state index >= 15 is 0 Å². The Hall–Kier alpha value is -2.65. The molecule has 0 N–H and O–H groups in total. The summed E-state index contributed by atoms with van der Waals surface area (Å²) in [5, 5.41) is 21.3. The maximum Gasteiger partial charge on any atom is 0.314 e. The van der Waals surface area contributed by atoms with E-state index in [9.17, 15) is 20.2 Å². The fourth-order valence-corrected chi connectivity index (χ4v) is 4.26. The summed E-state index contributed by atoms with van der Waals surface area (Å²) in [5.74, 6) is -0.0443. The molecule has 1 amide bonds. The van der Waals surface area contributed by atoms with Crippen LogP contribution in [0.15, 0.2) is 17.7 Å². The van der Waals surface area contributed by atoms with Crippen molar-refractivity contribution in [2.24, 2.45) is 0 Å². The molecule has 30 heavy (non-hydrogen) atoms. The van der Waals surface area contributed by atoms with Crippen molar-refractivity contribution < 1.29 is 18.6 Å². The first-order chi connectivity index (χ1) is 13.7. The van der Waals surface area contributed by atoms with Crippen molar-refractivity contribution in [3.8, 4) is 17.6 Å². The highest BCUT2D eigenvalue weighted by atomic mass is 28.4. The molecule has 1 aromatic rings. The van der Waals surface area contributed by atoms with Crippen LogP contribution in [0.5, 0.6) is 11.5 Å². The van der Waals surface area contributed by atoms with E-state index in [2.05, 4.69) is 0 Å². The minimum atomic E-state index is -2.18. The van der Waals surface area contributed by atoms with E-state index in [1.165, 1.54) is 17.0 Å². The zero-order valence-corrected chi connectivity index (χ0v) is 21.0. The van der Waals surface area contributed by atoms with Gasteiger partial charge >= 0.3 is 5.69 Å². The van der Waals surface area contributed by atoms with Gasteiger partial charge in [-0.3, -0.25) is 14.9 Å². The third kappa shape index (κ3) is 7.31. The second kappa shape index (κ2) is 9.91. The molecule has 0 aliphatic carbocycles. The number of hydrogen-bond acceptors (Lipinski definition) is 6. The standard InChI is InChI=1S/C20H31N3O5Si2/c1-9-22(10-2)20(24)16(14-21)11-15-12-17(23(25)26)19(28-30(6,7)8)18(13-15)27-29(3,4)5/h11-13H,9-10H2,1-8H3/b16-11+. The number of benzene rings is 1. The molecule has 0 aliphatic heterocycles. The van der Waals surface area contributed by atoms with Gasteiger partial charge in [0.15, 0.2) is 5.75 Å². The number of hydrogen-bond donors (Lipinski definition) is 0. The monoisotopic (exact) mass is 449 g/mol. The van der Waals surface area contributed by atoms with E-state index in [-0.39, 0.29) is 22.8 Å². The van der Waals surface area contributed by atoms with Crippen LogP contribution in [-0.4, -0.2) is 45.5 Å². The molecule has 164 valence electrons. The predicted molar refractivity (Wildman–Crippen MR) is 123 cm³/mol. The molecular weight excluding hydrogens is 418 g/mol. The van der Waals surface area contributed by atoms with Crippen LogP contribution in [0.25, 0.3) is 6.08 Å². The Morgan fingerprint density at radius 1 is 1.13 bits per heavy atom. The minimum absolute atomic E-state index is 0.0918. The van der Waals surface area contributed by atoms with Gasteiger partial charge in [0, 0.05) is 19.2 Å². The number of nitro groups is 1. The topological polar surface area (TPSA) is 106 Å². The van der Waals surface area contributed by atoms with E-state index in [4.69, 9.17) is 8.85 Å². The molecule has 0 spiro atoms. The Labute approximate surface area is 180 Å². The Bertz CT molecular complexity index is 876. The summed E-state index contributed by atoms with van der Waals surface area (Å²) >= 11 is 0. The summed E-state index contributed by atoms with van der Waals surface area (Å²) in [6.07, 6.45) is 1.36. The number of carbonyl (C=O) groups excluding carboxylic acids is 1. The first-order valence-electron chi connectivity index (χ1n) is 9.84. The molecule has 0 fully saturated rings. The molecule has 0 saturated carbocycles. The summed E-state index contributed by atoms with van der Waals surface area (Å²) < 4.78 is 12.1. The van der Waals surface area contributed by atoms with Crippen LogP contribution in [0, 0.1) is 21.4 Å². The van der Waals surface area contributed by atoms with Gasteiger partial charge < -0.3 is 13.8 Å². The molecule has 0 radical (unpaired) electrons. The second-order valence-corrected chi connectivity index (χ2v) is 17.6. The summed E-state index contributed by atoms with van der Waals surface area (Å²) in [4.78, 5) is 25.4. The molecule has 0 aliphatic rings. The lowest BCUT2D eigenvalue weighted by Gasteiger charge is -2.26. The average Bonchev–Trinajstić information content (AvgIpc) is 2.59. The van der Waals surface area contributed by atoms with Gasteiger partial charge in [0.25, 0.3) is 5.91 Å². The fourth-order valence-electron chi connectivity index (χ4n) is 2.63. The molecule has 10 heteroatoms. The Morgan fingerprint density at radius 2 is 1.67 bits per heavy atom. The zero-order valence-electron chi connectivity index (χ0n) is 19.0. The molecule has 8 nitrogen and oxygen atoms in total. The molecule has 1 rings (SSSR count). The van der Waals surface area contributed by atoms with Gasteiger partial charge in [-0.1, -0.05) is 0 Å². The van der Waals surface area contributed by atoms with Crippen molar-refractivity contribution in [3.63, 3.8) is 0 Å². The highest BCUT2D eigenvalue weighted by Gasteiger charge is 2.30. The normalized spacial score (nSPS) is 12.2. The lowest BCUT2D eigenvalue weighted by atomic mass is 10.1. The zero-order chi connectivity index (χ0) is 23.3. The number of likely N-dealkylation sites (N-methyl/N-ethyl adjacent to an activating group) is 1. The lowest BCUT2D eigenvalue weighted by Crippen LogP contribution is -2.33. The highest BCUT2D eigenvalue weighted by molar-refractivity contribution is 6.71. The number of carbonyl (C=O) groups is 1. The third-order valence-electron chi connectivity index (χ3n) is 3.79. The van der Waals surface area contributed by atoms with Crippen LogP contribution in [0.3, 0.4) is 0 Å². The highest BCUT2D eigenvalue weighted by Crippen LogP contribution is 2.41. The van der Waals surface area contributed by atoms with E-state index < -0.39 is 27.5 Å². The number of nitro benzene ring substituents is 1. The van der Waals surface area contributed by atoms with Crippen LogP contribution in [0.2, 0.25) is 39.3 Å². The molecule has 0 aromatic heterocycles. The molecule has 0 unspecified atom stereocenters. The largest absolute Gasteiger partial charge is 0.542 e. The SMILES string of the molecule is CCN(CC)C(=O)/C(C#N)=C/c1cc(O[Si](C)(C)C)c(O[Si](C)(C)C)c([N+](=O)[O-])c1. The van der Waals surface area contributed by atoms with Gasteiger partial charge in [-0.05, 0) is 70.8 Å². The van der Waals surface area contributed by atoms with Crippen LogP contribution in [0.4, 0.5) is 5.69 Å². The van der Waals surface area contributed by atoms with E-state index in [1.54, 1.807) is 6.07 Å². The van der Waals surface area contributed by atoms with E-state index in [1.807, 2.05) is 59.2 Å². The Kier molecular flexibility index (Phi) is 8.38. The third-order valence-corrected chi connectivity index (χ3v) is 5.44. The maximum atomic E-state index is 12.6. The number of nitrogens with zero attached hydrogens (tertiary/aromatic N) is 3. The van der Waals surface area contributed by atoms with Crippen LogP contribution >= 0.6 is 0 Å². The van der Waals surface area contributed by atoms with Gasteiger partial charge in [-0.25, -0.2) is 0 Å². The van der Waals surface area contributed by atoms with Crippen molar-refractivity contribution in [1.29, 1.82) is 5.26 Å². The fraction of sp³-hybridized carbons (Fsp3) is 0.500. The quantitative estimate of drug-likeness (QED) is 0.176. The van der Waals surface area contributed by atoms with Gasteiger partial charge in [0.1, 0.15) is 11.6 Å². The maximum absolute atomic E-state index is 12.6. The number of nitriles is 1. The minimum Gasteiger partial charge on any atom is -0.542 e. The second-order valence-electron chi connectivity index (χ2n) is 8.70. The molecular formula is C20H31N3O5Si2. The molecule has 1 aromatic carbocycles. The summed E-state index contributed by atoms with van der Waals surface area (Å²) in [6, 6.07) is 4.84.